The lowest BCUT2D eigenvalue weighted by Gasteiger charge is -2.14. The summed E-state index contributed by atoms with van der Waals surface area (Å²) in [6, 6.07) is 4.65. The van der Waals surface area contributed by atoms with Crippen LogP contribution in [-0.2, 0) is 9.47 Å². The molecule has 1 aromatic carbocycles. The van der Waals surface area contributed by atoms with Crippen LogP contribution in [0.1, 0.15) is 23.7 Å². The molecule has 0 amide bonds. The first-order valence-corrected chi connectivity index (χ1v) is 4.97. The quantitative estimate of drug-likeness (QED) is 0.458. The van der Waals surface area contributed by atoms with Crippen LogP contribution in [-0.4, -0.2) is 19.4 Å². The largest absolute Gasteiger partial charge is 0.432 e. The molecule has 0 aliphatic rings. The van der Waals surface area contributed by atoms with Gasteiger partial charge >= 0.3 is 5.97 Å². The highest BCUT2D eigenvalue weighted by Crippen LogP contribution is 2.17. The van der Waals surface area contributed by atoms with Crippen molar-refractivity contribution in [1.29, 1.82) is 0 Å². The molecule has 1 aromatic rings. The predicted molar refractivity (Wildman–Crippen MR) is 61.8 cm³/mol. The monoisotopic (exact) mass is 224 g/mol. The molecule has 0 aliphatic heterocycles. The Morgan fingerprint density at radius 3 is 2.62 bits per heavy atom. The van der Waals surface area contributed by atoms with E-state index in [1.54, 1.807) is 6.07 Å². The van der Waals surface area contributed by atoms with Gasteiger partial charge in [0.1, 0.15) is 0 Å². The minimum Gasteiger partial charge on any atom is -0.432 e. The van der Waals surface area contributed by atoms with E-state index in [-0.39, 0.29) is 0 Å². The summed E-state index contributed by atoms with van der Waals surface area (Å²) in [5, 5.41) is 0. The standard InChI is InChI=1S/C11H16N2O3/c1-3-10(15-2)16-11(14)8-5-4-7(12)6-9(8)13/h4-6,10H,3,12-13H2,1-2H3. The molecular weight excluding hydrogens is 208 g/mol. The molecule has 1 atom stereocenters. The number of ether oxygens (including phenoxy) is 2. The molecule has 0 aromatic heterocycles. The Morgan fingerprint density at radius 1 is 1.44 bits per heavy atom. The summed E-state index contributed by atoms with van der Waals surface area (Å²) in [6.45, 7) is 1.85. The van der Waals surface area contributed by atoms with E-state index in [2.05, 4.69) is 0 Å². The number of methoxy groups -OCH3 is 1. The van der Waals surface area contributed by atoms with E-state index >= 15 is 0 Å². The zero-order chi connectivity index (χ0) is 12.1. The fourth-order valence-electron chi connectivity index (χ4n) is 1.25. The maximum atomic E-state index is 11.7. The third-order valence-corrected chi connectivity index (χ3v) is 2.13. The molecule has 0 spiro atoms. The van der Waals surface area contributed by atoms with Crippen molar-refractivity contribution in [2.45, 2.75) is 19.6 Å². The van der Waals surface area contributed by atoms with Gasteiger partial charge in [-0.1, -0.05) is 6.92 Å². The molecule has 0 saturated carbocycles. The smallest absolute Gasteiger partial charge is 0.342 e. The molecular formula is C11H16N2O3. The molecule has 0 aliphatic carbocycles. The first kappa shape index (κ1) is 12.3. The van der Waals surface area contributed by atoms with Crippen LogP contribution in [0.5, 0.6) is 0 Å². The van der Waals surface area contributed by atoms with E-state index in [0.29, 0.717) is 23.4 Å². The topological polar surface area (TPSA) is 87.6 Å². The van der Waals surface area contributed by atoms with Crippen LogP contribution in [0, 0.1) is 0 Å². The molecule has 5 nitrogen and oxygen atoms in total. The normalized spacial score (nSPS) is 12.1. The van der Waals surface area contributed by atoms with Gasteiger partial charge in [-0.2, -0.15) is 0 Å². The van der Waals surface area contributed by atoms with Crippen molar-refractivity contribution >= 4 is 17.3 Å². The number of nitrogens with two attached hydrogens (primary N) is 2. The summed E-state index contributed by atoms with van der Waals surface area (Å²) in [4.78, 5) is 11.7. The average Bonchev–Trinajstić information content (AvgIpc) is 2.25. The van der Waals surface area contributed by atoms with Crippen molar-refractivity contribution in [2.24, 2.45) is 0 Å². The average molecular weight is 224 g/mol. The van der Waals surface area contributed by atoms with Gasteiger partial charge in [0.05, 0.1) is 5.56 Å². The number of anilines is 2. The number of carbonyl (C=O) groups is 1. The zero-order valence-electron chi connectivity index (χ0n) is 9.40. The summed E-state index contributed by atoms with van der Waals surface area (Å²) in [6.07, 6.45) is 0.0290. The lowest BCUT2D eigenvalue weighted by atomic mass is 10.1. The number of nitrogen functional groups attached to an aromatic ring is 2. The van der Waals surface area contributed by atoms with E-state index in [4.69, 9.17) is 20.9 Å². The fraction of sp³-hybridized carbons (Fsp3) is 0.364. The highest BCUT2D eigenvalue weighted by atomic mass is 16.7. The van der Waals surface area contributed by atoms with Gasteiger partial charge in [0.15, 0.2) is 0 Å². The van der Waals surface area contributed by atoms with Crippen LogP contribution in [0.25, 0.3) is 0 Å². The van der Waals surface area contributed by atoms with Gasteiger partial charge in [0.2, 0.25) is 6.29 Å². The summed E-state index contributed by atoms with van der Waals surface area (Å²) in [7, 11) is 1.48. The van der Waals surface area contributed by atoms with E-state index in [1.807, 2.05) is 6.92 Å². The number of rotatable bonds is 4. The molecule has 5 heteroatoms. The summed E-state index contributed by atoms with van der Waals surface area (Å²) in [5.41, 5.74) is 12.3. The van der Waals surface area contributed by atoms with Crippen molar-refractivity contribution in [1.82, 2.24) is 0 Å². The van der Waals surface area contributed by atoms with Crippen LogP contribution in [0.15, 0.2) is 18.2 Å². The second-order valence-corrected chi connectivity index (χ2v) is 3.33. The zero-order valence-corrected chi connectivity index (χ0v) is 9.40. The third-order valence-electron chi connectivity index (χ3n) is 2.13. The van der Waals surface area contributed by atoms with Crippen molar-refractivity contribution in [3.8, 4) is 0 Å². The summed E-state index contributed by atoms with van der Waals surface area (Å²) < 4.78 is 10.0. The van der Waals surface area contributed by atoms with E-state index in [0.717, 1.165) is 0 Å². The number of benzene rings is 1. The Hall–Kier alpha value is -1.75. The van der Waals surface area contributed by atoms with Crippen LogP contribution in [0.4, 0.5) is 11.4 Å². The predicted octanol–water partition coefficient (Wildman–Crippen LogP) is 1.39. The number of hydrogen-bond donors (Lipinski definition) is 2. The van der Waals surface area contributed by atoms with Crippen molar-refractivity contribution in [2.75, 3.05) is 18.6 Å². The van der Waals surface area contributed by atoms with Crippen molar-refractivity contribution < 1.29 is 14.3 Å². The molecule has 0 heterocycles. The SMILES string of the molecule is CCC(OC)OC(=O)c1ccc(N)cc1N. The number of hydrogen-bond acceptors (Lipinski definition) is 5. The van der Waals surface area contributed by atoms with Gasteiger partial charge in [-0.15, -0.1) is 0 Å². The molecule has 0 radical (unpaired) electrons. The van der Waals surface area contributed by atoms with Gasteiger partial charge in [-0.05, 0) is 18.2 Å². The molecule has 88 valence electrons. The maximum Gasteiger partial charge on any atom is 0.342 e. The molecule has 0 saturated heterocycles. The van der Waals surface area contributed by atoms with Crippen LogP contribution >= 0.6 is 0 Å². The van der Waals surface area contributed by atoms with E-state index < -0.39 is 12.3 Å². The molecule has 4 N–H and O–H groups in total. The van der Waals surface area contributed by atoms with Gasteiger partial charge in [0.25, 0.3) is 0 Å². The third kappa shape index (κ3) is 2.87. The minimum atomic E-state index is -0.551. The fourth-order valence-corrected chi connectivity index (χ4v) is 1.25. The van der Waals surface area contributed by atoms with Gasteiger partial charge in [-0.25, -0.2) is 4.79 Å². The Bertz CT molecular complexity index is 375. The van der Waals surface area contributed by atoms with E-state index in [1.165, 1.54) is 19.2 Å². The number of carbonyl (C=O) groups excluding carboxylic acids is 1. The number of esters is 1. The van der Waals surface area contributed by atoms with Gasteiger partial charge in [0, 0.05) is 24.9 Å². The van der Waals surface area contributed by atoms with Crippen molar-refractivity contribution in [3.05, 3.63) is 23.8 Å². The second-order valence-electron chi connectivity index (χ2n) is 3.33. The van der Waals surface area contributed by atoms with Crippen LogP contribution in [0.3, 0.4) is 0 Å². The molecule has 0 fully saturated rings. The van der Waals surface area contributed by atoms with Crippen LogP contribution < -0.4 is 11.5 Å². The van der Waals surface area contributed by atoms with Gasteiger partial charge in [-0.3, -0.25) is 0 Å². The maximum absolute atomic E-state index is 11.7. The molecule has 0 bridgehead atoms. The Labute approximate surface area is 94.3 Å². The molecule has 1 rings (SSSR count). The van der Waals surface area contributed by atoms with E-state index in [9.17, 15) is 4.79 Å². The second kappa shape index (κ2) is 5.37. The minimum absolute atomic E-state index is 0.296. The highest BCUT2D eigenvalue weighted by molar-refractivity contribution is 5.95. The molecule has 1 unspecified atom stereocenters. The summed E-state index contributed by atoms with van der Waals surface area (Å²) >= 11 is 0. The lowest BCUT2D eigenvalue weighted by Crippen LogP contribution is -2.20. The van der Waals surface area contributed by atoms with Crippen molar-refractivity contribution in [3.63, 3.8) is 0 Å². The highest BCUT2D eigenvalue weighted by Gasteiger charge is 2.15. The Balaban J connectivity index is 2.80. The van der Waals surface area contributed by atoms with Gasteiger partial charge < -0.3 is 20.9 Å². The van der Waals surface area contributed by atoms with Crippen LogP contribution in [0.2, 0.25) is 0 Å². The summed E-state index contributed by atoms with van der Waals surface area (Å²) in [5.74, 6) is -0.508. The Morgan fingerprint density at radius 2 is 2.12 bits per heavy atom. The molecule has 16 heavy (non-hydrogen) atoms. The Kier molecular flexibility index (Phi) is 4.13. The first-order valence-electron chi connectivity index (χ1n) is 4.97. The lowest BCUT2D eigenvalue weighted by molar-refractivity contribution is -0.0905. The first-order chi connectivity index (χ1) is 7.58.